The van der Waals surface area contributed by atoms with Gasteiger partial charge in [-0.3, -0.25) is 0 Å². The van der Waals surface area contributed by atoms with Crippen molar-refractivity contribution in [3.63, 3.8) is 0 Å². The van der Waals surface area contributed by atoms with Crippen LogP contribution in [0.25, 0.3) is 0 Å². The van der Waals surface area contributed by atoms with E-state index in [4.69, 9.17) is 14.2 Å². The van der Waals surface area contributed by atoms with Crippen LogP contribution in [0.2, 0.25) is 0 Å². The van der Waals surface area contributed by atoms with Crippen LogP contribution in [-0.4, -0.2) is 20.2 Å². The summed E-state index contributed by atoms with van der Waals surface area (Å²) in [5, 5.41) is 0. The zero-order chi connectivity index (χ0) is 35.0. The molecule has 6 aromatic rings. The Morgan fingerprint density at radius 3 is 1.39 bits per heavy atom. The van der Waals surface area contributed by atoms with Crippen LogP contribution in [0.3, 0.4) is 0 Å². The SMILES string of the molecule is Cc1ccc(N2COc3ccccc3C2)c(C)c1.Cc1cccc(N2COc3ccccc3C2)c1.c1ccc(N2COc3ccccc3C2)cc1. The molecular formula is C45H45N3O3. The number of hydrogen-bond acceptors (Lipinski definition) is 6. The van der Waals surface area contributed by atoms with Crippen LogP contribution in [0.15, 0.2) is 146 Å². The summed E-state index contributed by atoms with van der Waals surface area (Å²) in [6.07, 6.45) is 0. The highest BCUT2D eigenvalue weighted by Crippen LogP contribution is 2.31. The Morgan fingerprint density at radius 2 is 0.843 bits per heavy atom. The summed E-state index contributed by atoms with van der Waals surface area (Å²) in [7, 11) is 0. The van der Waals surface area contributed by atoms with E-state index in [1.54, 1.807) is 0 Å². The molecule has 3 aliphatic rings. The molecule has 9 rings (SSSR count). The molecule has 6 nitrogen and oxygen atoms in total. The minimum Gasteiger partial charge on any atom is -0.473 e. The Balaban J connectivity index is 0.000000120. The number of ether oxygens (including phenoxy) is 3. The van der Waals surface area contributed by atoms with E-state index in [9.17, 15) is 0 Å². The average molecular weight is 676 g/mol. The molecular weight excluding hydrogens is 631 g/mol. The summed E-state index contributed by atoms with van der Waals surface area (Å²) in [6, 6.07) is 50.1. The number of rotatable bonds is 3. The summed E-state index contributed by atoms with van der Waals surface area (Å²) in [5.41, 5.74) is 11.3. The predicted octanol–water partition coefficient (Wildman–Crippen LogP) is 10.1. The first-order valence-corrected chi connectivity index (χ1v) is 17.6. The molecule has 0 fully saturated rings. The maximum atomic E-state index is 5.80. The molecule has 0 unspecified atom stereocenters. The zero-order valence-electron chi connectivity index (χ0n) is 29.7. The maximum Gasteiger partial charge on any atom is 0.161 e. The Bertz CT molecular complexity index is 2060. The summed E-state index contributed by atoms with van der Waals surface area (Å²) in [6.45, 7) is 11.0. The first-order chi connectivity index (χ1) is 25.0. The Labute approximate surface area is 302 Å². The standard InChI is InChI=1S/C16H17NO.C15H15NO.C14H13NO/c1-12-7-8-15(13(2)9-12)17-10-14-5-3-4-6-16(14)18-11-17;1-12-5-4-7-14(9-12)16-10-13-6-2-3-8-15(13)17-11-16;1-2-7-13(8-3-1)15-10-12-6-4-5-9-14(12)16-11-15/h3-9H,10-11H2,1-2H3;2-9H,10-11H2,1H3;1-9H,10-11H2. The van der Waals surface area contributed by atoms with Crippen molar-refractivity contribution in [1.29, 1.82) is 0 Å². The van der Waals surface area contributed by atoms with Gasteiger partial charge in [-0.1, -0.05) is 103 Å². The highest BCUT2D eigenvalue weighted by atomic mass is 16.5. The summed E-state index contributed by atoms with van der Waals surface area (Å²) in [4.78, 5) is 6.74. The monoisotopic (exact) mass is 675 g/mol. The summed E-state index contributed by atoms with van der Waals surface area (Å²) in [5.74, 6) is 3.03. The number of nitrogens with zero attached hydrogens (tertiary/aromatic N) is 3. The van der Waals surface area contributed by atoms with E-state index >= 15 is 0 Å². The number of aryl methyl sites for hydroxylation is 3. The van der Waals surface area contributed by atoms with Gasteiger partial charge in [0.1, 0.15) is 17.2 Å². The molecule has 6 heteroatoms. The third-order valence-corrected chi connectivity index (χ3v) is 9.31. The molecule has 0 bridgehead atoms. The maximum absolute atomic E-state index is 5.80. The van der Waals surface area contributed by atoms with E-state index in [0.29, 0.717) is 20.2 Å². The second-order valence-electron chi connectivity index (χ2n) is 13.2. The summed E-state index contributed by atoms with van der Waals surface area (Å²) >= 11 is 0. The lowest BCUT2D eigenvalue weighted by Crippen LogP contribution is -2.32. The Morgan fingerprint density at radius 1 is 0.392 bits per heavy atom. The van der Waals surface area contributed by atoms with Crippen molar-refractivity contribution in [3.05, 3.63) is 179 Å². The van der Waals surface area contributed by atoms with Crippen molar-refractivity contribution in [2.75, 3.05) is 34.9 Å². The van der Waals surface area contributed by atoms with Crippen LogP contribution in [0, 0.1) is 20.8 Å². The molecule has 0 amide bonds. The zero-order valence-corrected chi connectivity index (χ0v) is 29.7. The van der Waals surface area contributed by atoms with Gasteiger partial charge in [0.2, 0.25) is 0 Å². The van der Waals surface area contributed by atoms with Crippen molar-refractivity contribution in [2.24, 2.45) is 0 Å². The fourth-order valence-corrected chi connectivity index (χ4v) is 6.63. The molecule has 0 atom stereocenters. The van der Waals surface area contributed by atoms with E-state index in [2.05, 4.69) is 139 Å². The second-order valence-corrected chi connectivity index (χ2v) is 13.2. The van der Waals surface area contributed by atoms with Gasteiger partial charge >= 0.3 is 0 Å². The molecule has 0 aliphatic carbocycles. The largest absolute Gasteiger partial charge is 0.473 e. The van der Waals surface area contributed by atoms with Crippen molar-refractivity contribution >= 4 is 17.1 Å². The minimum atomic E-state index is 0.625. The lowest BCUT2D eigenvalue weighted by molar-refractivity contribution is 0.289. The van der Waals surface area contributed by atoms with Crippen LogP contribution in [0.4, 0.5) is 17.1 Å². The quantitative estimate of drug-likeness (QED) is 0.186. The molecule has 258 valence electrons. The fourth-order valence-electron chi connectivity index (χ4n) is 6.63. The first kappa shape index (κ1) is 33.6. The molecule has 0 radical (unpaired) electrons. The van der Waals surface area contributed by atoms with E-state index in [0.717, 1.165) is 36.9 Å². The highest BCUT2D eigenvalue weighted by molar-refractivity contribution is 5.56. The van der Waals surface area contributed by atoms with Crippen molar-refractivity contribution in [1.82, 2.24) is 0 Å². The minimum absolute atomic E-state index is 0.625. The highest BCUT2D eigenvalue weighted by Gasteiger charge is 2.19. The van der Waals surface area contributed by atoms with E-state index < -0.39 is 0 Å². The van der Waals surface area contributed by atoms with Gasteiger partial charge in [0, 0.05) is 53.4 Å². The van der Waals surface area contributed by atoms with E-state index in [1.807, 2.05) is 42.5 Å². The second kappa shape index (κ2) is 15.8. The van der Waals surface area contributed by atoms with Crippen LogP contribution in [-0.2, 0) is 19.6 Å². The molecule has 6 aromatic carbocycles. The van der Waals surface area contributed by atoms with Crippen molar-refractivity contribution in [2.45, 2.75) is 40.4 Å². The van der Waals surface area contributed by atoms with Crippen molar-refractivity contribution < 1.29 is 14.2 Å². The fraction of sp³-hybridized carbons (Fsp3) is 0.200. The number of para-hydroxylation sites is 4. The third kappa shape index (κ3) is 8.30. The van der Waals surface area contributed by atoms with Crippen LogP contribution in [0.1, 0.15) is 33.4 Å². The smallest absolute Gasteiger partial charge is 0.161 e. The van der Waals surface area contributed by atoms with Gasteiger partial charge in [-0.15, -0.1) is 0 Å². The number of hydrogen-bond donors (Lipinski definition) is 0. The molecule has 3 aliphatic heterocycles. The molecule has 0 aromatic heterocycles. The van der Waals surface area contributed by atoms with Gasteiger partial charge in [0.05, 0.1) is 0 Å². The van der Waals surface area contributed by atoms with Crippen molar-refractivity contribution in [3.8, 4) is 17.2 Å². The molecule has 51 heavy (non-hydrogen) atoms. The molecule has 0 N–H and O–H groups in total. The topological polar surface area (TPSA) is 37.4 Å². The first-order valence-electron chi connectivity index (χ1n) is 17.6. The summed E-state index contributed by atoms with van der Waals surface area (Å²) < 4.78 is 17.3. The van der Waals surface area contributed by atoms with E-state index in [1.165, 1.54) is 50.4 Å². The van der Waals surface area contributed by atoms with Crippen LogP contribution < -0.4 is 28.9 Å². The number of anilines is 3. The number of fused-ring (bicyclic) bond motifs is 3. The van der Waals surface area contributed by atoms with Gasteiger partial charge < -0.3 is 28.9 Å². The molecule has 3 heterocycles. The van der Waals surface area contributed by atoms with Crippen LogP contribution >= 0.6 is 0 Å². The van der Waals surface area contributed by atoms with E-state index in [-0.39, 0.29) is 0 Å². The molecule has 0 spiro atoms. The molecule has 0 saturated carbocycles. The Kier molecular flexibility index (Phi) is 10.4. The van der Waals surface area contributed by atoms with Crippen LogP contribution in [0.5, 0.6) is 17.2 Å². The third-order valence-electron chi connectivity index (χ3n) is 9.31. The lowest BCUT2D eigenvalue weighted by Gasteiger charge is -2.31. The molecule has 0 saturated heterocycles. The van der Waals surface area contributed by atoms with Gasteiger partial charge in [-0.2, -0.15) is 0 Å². The predicted molar refractivity (Wildman–Crippen MR) is 208 cm³/mol. The van der Waals surface area contributed by atoms with Gasteiger partial charge in [-0.05, 0) is 80.4 Å². The lowest BCUT2D eigenvalue weighted by atomic mass is 10.1. The van der Waals surface area contributed by atoms with Gasteiger partial charge in [-0.25, -0.2) is 0 Å². The average Bonchev–Trinajstić information content (AvgIpc) is 3.18. The van der Waals surface area contributed by atoms with Gasteiger partial charge in [0.15, 0.2) is 20.2 Å². The Hall–Kier alpha value is -5.88. The number of benzene rings is 6. The normalized spacial score (nSPS) is 14.1. The van der Waals surface area contributed by atoms with Gasteiger partial charge in [0.25, 0.3) is 0 Å².